The zero-order valence-electron chi connectivity index (χ0n) is 9.56. The molecule has 0 aromatic heterocycles. The molecule has 0 bridgehead atoms. The second kappa shape index (κ2) is 5.50. The number of hydrogen-bond acceptors (Lipinski definition) is 3. The van der Waals surface area contributed by atoms with Crippen LogP contribution >= 0.6 is 27.5 Å². The van der Waals surface area contributed by atoms with Gasteiger partial charge < -0.3 is 15.6 Å². The van der Waals surface area contributed by atoms with Crippen molar-refractivity contribution in [3.8, 4) is 11.5 Å². The molecule has 6 heteroatoms. The van der Waals surface area contributed by atoms with E-state index >= 15 is 0 Å². The highest BCUT2D eigenvalue weighted by Crippen LogP contribution is 2.33. The number of halogens is 2. The Hall–Kier alpha value is -1.72. The van der Waals surface area contributed by atoms with Crippen LogP contribution in [0.4, 0.5) is 5.69 Å². The molecule has 0 fully saturated rings. The zero-order valence-corrected chi connectivity index (χ0v) is 11.9. The third-order valence-electron chi connectivity index (χ3n) is 2.35. The van der Waals surface area contributed by atoms with Crippen LogP contribution in [0.25, 0.3) is 0 Å². The van der Waals surface area contributed by atoms with Crippen LogP contribution in [-0.4, -0.2) is 11.1 Å². The number of aromatic carboxylic acids is 1. The lowest BCUT2D eigenvalue weighted by atomic mass is 10.2. The minimum atomic E-state index is -1.10. The maximum atomic E-state index is 11.1. The third-order valence-corrected chi connectivity index (χ3v) is 3.20. The van der Waals surface area contributed by atoms with E-state index in [9.17, 15) is 4.79 Å². The van der Waals surface area contributed by atoms with E-state index in [-0.39, 0.29) is 11.3 Å². The maximum absolute atomic E-state index is 11.1. The molecular weight excluding hydrogens is 334 g/mol. The molecule has 0 heterocycles. The Morgan fingerprint density at radius 3 is 2.53 bits per heavy atom. The molecule has 0 aliphatic rings. The maximum Gasteiger partial charge on any atom is 0.339 e. The van der Waals surface area contributed by atoms with Crippen LogP contribution in [0, 0.1) is 0 Å². The predicted molar refractivity (Wildman–Crippen MR) is 77.0 cm³/mol. The first kappa shape index (κ1) is 13.7. The summed E-state index contributed by atoms with van der Waals surface area (Å²) in [4.78, 5) is 11.1. The number of benzene rings is 2. The van der Waals surface area contributed by atoms with Gasteiger partial charge in [0, 0.05) is 10.7 Å². The summed E-state index contributed by atoms with van der Waals surface area (Å²) >= 11 is 9.13. The van der Waals surface area contributed by atoms with Crippen LogP contribution in [0.1, 0.15) is 10.4 Å². The molecule has 19 heavy (non-hydrogen) atoms. The lowest BCUT2D eigenvalue weighted by molar-refractivity contribution is 0.0694. The number of ether oxygens (including phenoxy) is 1. The molecule has 4 nitrogen and oxygen atoms in total. The number of hydrogen-bond donors (Lipinski definition) is 2. The Labute approximate surface area is 122 Å². The molecule has 0 atom stereocenters. The number of carbonyl (C=O) groups is 1. The molecule has 0 saturated carbocycles. The lowest BCUT2D eigenvalue weighted by Crippen LogP contribution is -2.01. The highest BCUT2D eigenvalue weighted by Gasteiger charge is 2.13. The summed E-state index contributed by atoms with van der Waals surface area (Å²) in [5.74, 6) is -0.422. The van der Waals surface area contributed by atoms with Crippen LogP contribution in [0.3, 0.4) is 0 Å². The first-order valence-electron chi connectivity index (χ1n) is 5.23. The van der Waals surface area contributed by atoms with Crippen molar-refractivity contribution in [3.05, 3.63) is 51.5 Å². The first-order chi connectivity index (χ1) is 8.97. The van der Waals surface area contributed by atoms with Gasteiger partial charge in [0.05, 0.1) is 4.47 Å². The molecule has 98 valence electrons. The fourth-order valence-electron chi connectivity index (χ4n) is 1.48. The fraction of sp³-hybridized carbons (Fsp3) is 0. The van der Waals surface area contributed by atoms with Crippen molar-refractivity contribution >= 4 is 39.2 Å². The number of nitrogen functional groups attached to an aromatic ring is 1. The average Bonchev–Trinajstić information content (AvgIpc) is 2.34. The molecule has 0 aliphatic carbocycles. The summed E-state index contributed by atoms with van der Waals surface area (Å²) in [5, 5.41) is 9.66. The van der Waals surface area contributed by atoms with Crippen LogP contribution < -0.4 is 10.5 Å². The Balaban J connectivity index is 2.40. The number of anilines is 1. The molecule has 3 N–H and O–H groups in total. The molecular formula is C13H9BrClNO3. The van der Waals surface area contributed by atoms with Gasteiger partial charge in [-0.15, -0.1) is 0 Å². The van der Waals surface area contributed by atoms with Crippen LogP contribution in [-0.2, 0) is 0 Å². The van der Waals surface area contributed by atoms with Crippen molar-refractivity contribution in [1.29, 1.82) is 0 Å². The van der Waals surface area contributed by atoms with Gasteiger partial charge in [0.25, 0.3) is 0 Å². The van der Waals surface area contributed by atoms with E-state index in [1.54, 1.807) is 24.3 Å². The van der Waals surface area contributed by atoms with Crippen molar-refractivity contribution in [3.63, 3.8) is 0 Å². The van der Waals surface area contributed by atoms with E-state index in [0.717, 1.165) is 0 Å². The standard InChI is InChI=1S/C13H9BrClNO3/c14-10-5-7(15)1-3-12(10)19-11-4-2-8(16)6-9(11)13(17)18/h1-6H,16H2,(H,17,18). The summed E-state index contributed by atoms with van der Waals surface area (Å²) in [6, 6.07) is 9.40. The van der Waals surface area contributed by atoms with E-state index < -0.39 is 5.97 Å². The molecule has 0 amide bonds. The van der Waals surface area contributed by atoms with Gasteiger partial charge in [-0.2, -0.15) is 0 Å². The summed E-state index contributed by atoms with van der Waals surface area (Å²) < 4.78 is 6.20. The van der Waals surface area contributed by atoms with E-state index in [0.29, 0.717) is 20.9 Å². The van der Waals surface area contributed by atoms with Crippen molar-refractivity contribution in [1.82, 2.24) is 0 Å². The van der Waals surface area contributed by atoms with E-state index in [1.165, 1.54) is 12.1 Å². The highest BCUT2D eigenvalue weighted by molar-refractivity contribution is 9.10. The van der Waals surface area contributed by atoms with Gasteiger partial charge in [-0.1, -0.05) is 11.6 Å². The van der Waals surface area contributed by atoms with Crippen molar-refractivity contribution in [2.24, 2.45) is 0 Å². The summed E-state index contributed by atoms with van der Waals surface area (Å²) in [5.41, 5.74) is 5.93. The number of rotatable bonds is 3. The molecule has 0 saturated heterocycles. The molecule has 0 radical (unpaired) electrons. The number of carboxylic acid groups (broad SMARTS) is 1. The van der Waals surface area contributed by atoms with E-state index in [2.05, 4.69) is 15.9 Å². The second-order valence-corrected chi connectivity index (χ2v) is 5.03. The summed E-state index contributed by atoms with van der Waals surface area (Å²) in [7, 11) is 0. The second-order valence-electron chi connectivity index (χ2n) is 3.74. The van der Waals surface area contributed by atoms with Gasteiger partial charge in [-0.25, -0.2) is 4.79 Å². The quantitative estimate of drug-likeness (QED) is 0.821. The fourth-order valence-corrected chi connectivity index (χ4v) is 2.24. The van der Waals surface area contributed by atoms with Gasteiger partial charge in [0.2, 0.25) is 0 Å². The SMILES string of the molecule is Nc1ccc(Oc2ccc(Cl)cc2Br)c(C(=O)O)c1. The minimum Gasteiger partial charge on any atom is -0.478 e. The van der Waals surface area contributed by atoms with Gasteiger partial charge in [0.15, 0.2) is 0 Å². The number of carboxylic acids is 1. The smallest absolute Gasteiger partial charge is 0.339 e. The topological polar surface area (TPSA) is 72.5 Å². The molecule has 2 rings (SSSR count). The Morgan fingerprint density at radius 1 is 1.21 bits per heavy atom. The molecule has 2 aromatic rings. The minimum absolute atomic E-state index is 0.00171. The summed E-state index contributed by atoms with van der Waals surface area (Å²) in [6.45, 7) is 0. The normalized spacial score (nSPS) is 10.2. The van der Waals surface area contributed by atoms with Crippen molar-refractivity contribution in [2.75, 3.05) is 5.73 Å². The van der Waals surface area contributed by atoms with E-state index in [1.807, 2.05) is 0 Å². The van der Waals surface area contributed by atoms with Gasteiger partial charge in [-0.05, 0) is 52.3 Å². The highest BCUT2D eigenvalue weighted by atomic mass is 79.9. The summed E-state index contributed by atoms with van der Waals surface area (Å²) in [6.07, 6.45) is 0. The molecule has 0 spiro atoms. The number of nitrogens with two attached hydrogens (primary N) is 1. The van der Waals surface area contributed by atoms with Gasteiger partial charge in [-0.3, -0.25) is 0 Å². The van der Waals surface area contributed by atoms with Crippen LogP contribution in [0.15, 0.2) is 40.9 Å². The predicted octanol–water partition coefficient (Wildman–Crippen LogP) is 4.18. The van der Waals surface area contributed by atoms with Crippen LogP contribution in [0.5, 0.6) is 11.5 Å². The van der Waals surface area contributed by atoms with E-state index in [4.69, 9.17) is 27.2 Å². The Bertz CT molecular complexity index is 646. The van der Waals surface area contributed by atoms with Crippen molar-refractivity contribution < 1.29 is 14.6 Å². The van der Waals surface area contributed by atoms with Crippen LogP contribution in [0.2, 0.25) is 5.02 Å². The monoisotopic (exact) mass is 341 g/mol. The van der Waals surface area contributed by atoms with Crippen molar-refractivity contribution in [2.45, 2.75) is 0 Å². The van der Waals surface area contributed by atoms with Gasteiger partial charge >= 0.3 is 5.97 Å². The first-order valence-corrected chi connectivity index (χ1v) is 6.40. The molecule has 0 aliphatic heterocycles. The molecule has 2 aromatic carbocycles. The largest absolute Gasteiger partial charge is 0.478 e. The third kappa shape index (κ3) is 3.19. The lowest BCUT2D eigenvalue weighted by Gasteiger charge is -2.11. The average molecular weight is 343 g/mol. The zero-order chi connectivity index (χ0) is 14.0. The van der Waals surface area contributed by atoms with Gasteiger partial charge in [0.1, 0.15) is 17.1 Å². The Morgan fingerprint density at radius 2 is 1.89 bits per heavy atom. The Kier molecular flexibility index (Phi) is 3.97. The molecule has 0 unspecified atom stereocenters.